The third-order valence-corrected chi connectivity index (χ3v) is 4.27. The van der Waals surface area contributed by atoms with E-state index in [2.05, 4.69) is 0 Å². The van der Waals surface area contributed by atoms with Crippen LogP contribution in [0, 0.1) is 46.1 Å². The summed E-state index contributed by atoms with van der Waals surface area (Å²) in [6.45, 7) is 0. The van der Waals surface area contributed by atoms with Crippen LogP contribution in [0.1, 0.15) is 0 Å². The molecule has 0 heterocycles. The van der Waals surface area contributed by atoms with Crippen molar-refractivity contribution < 1.29 is 18.9 Å². The number of nitrogens with zero attached hydrogens (tertiary/aromatic N) is 4. The van der Waals surface area contributed by atoms with Crippen LogP contribution in [-0.2, 0) is 0 Å². The zero-order valence-corrected chi connectivity index (χ0v) is 16.4. The van der Waals surface area contributed by atoms with Gasteiger partial charge in [-0.1, -0.05) is 48.5 Å². The van der Waals surface area contributed by atoms with Crippen molar-refractivity contribution in [1.82, 2.24) is 0 Å². The highest BCUT2D eigenvalue weighted by Crippen LogP contribution is 2.33. The van der Waals surface area contributed by atoms with Crippen LogP contribution < -0.4 is 18.9 Å². The van der Waals surface area contributed by atoms with Gasteiger partial charge >= 0.3 is 0 Å². The van der Waals surface area contributed by atoms with Gasteiger partial charge in [0.15, 0.2) is 5.75 Å². The van der Waals surface area contributed by atoms with Gasteiger partial charge in [-0.25, -0.2) is 0 Å². The largest absolute Gasteiger partial charge is 0.388 e. The van der Waals surface area contributed by atoms with Crippen molar-refractivity contribution in [2.45, 2.75) is 0 Å². The number of fused-ring (bicyclic) bond motifs is 2. The Morgan fingerprint density at radius 3 is 1.47 bits per heavy atom. The Morgan fingerprint density at radius 1 is 0.469 bits per heavy atom. The zero-order chi connectivity index (χ0) is 22.8. The highest BCUT2D eigenvalue weighted by atomic mass is 16.5. The molecule has 0 bridgehead atoms. The Bertz CT molecular complexity index is 1380. The van der Waals surface area contributed by atoms with Gasteiger partial charge in [-0.3, -0.25) is 0 Å². The summed E-state index contributed by atoms with van der Waals surface area (Å²) >= 11 is 0. The molecule has 4 aromatic carbocycles. The van der Waals surface area contributed by atoms with E-state index in [-0.39, 0.29) is 0 Å². The lowest BCUT2D eigenvalue weighted by Gasteiger charge is -2.05. The summed E-state index contributed by atoms with van der Waals surface area (Å²) in [7, 11) is 0. The second-order valence-corrected chi connectivity index (χ2v) is 6.02. The minimum atomic E-state index is 0.353. The summed E-state index contributed by atoms with van der Waals surface area (Å²) in [5, 5.41) is 37.1. The number of hydrogen-bond acceptors (Lipinski definition) is 8. The predicted molar refractivity (Wildman–Crippen MR) is 113 cm³/mol. The maximum atomic E-state index is 8.52. The predicted octanol–water partition coefficient (Wildman–Crippen LogP) is 5.12. The Labute approximate surface area is 182 Å². The lowest BCUT2D eigenvalue weighted by Crippen LogP contribution is -1.88. The molecule has 4 rings (SSSR count). The lowest BCUT2D eigenvalue weighted by atomic mass is 10.1. The number of ether oxygens (including phenoxy) is 4. The molecule has 0 saturated carbocycles. The molecule has 0 radical (unpaired) electrons. The van der Waals surface area contributed by atoms with E-state index in [0.29, 0.717) is 23.0 Å². The highest BCUT2D eigenvalue weighted by molar-refractivity contribution is 5.93. The van der Waals surface area contributed by atoms with Crippen LogP contribution in [0.4, 0.5) is 0 Å². The Morgan fingerprint density at radius 2 is 0.938 bits per heavy atom. The molecule has 0 saturated heterocycles. The summed E-state index contributed by atoms with van der Waals surface area (Å²) in [6, 6.07) is 21.0. The molecule has 0 amide bonds. The van der Waals surface area contributed by atoms with Crippen molar-refractivity contribution in [3.05, 3.63) is 72.8 Å². The van der Waals surface area contributed by atoms with Gasteiger partial charge in [0.2, 0.25) is 0 Å². The molecule has 0 N–H and O–H groups in total. The minimum absolute atomic E-state index is 0.353. The maximum Gasteiger partial charge on any atom is 0.292 e. The summed E-state index contributed by atoms with van der Waals surface area (Å²) < 4.78 is 19.2. The smallest absolute Gasteiger partial charge is 0.292 e. The van der Waals surface area contributed by atoms with Crippen LogP contribution in [-0.4, -0.2) is 0 Å². The Hall–Kier alpha value is -5.44. The molecule has 0 atom stereocenters. The number of hydrogen-bond donors (Lipinski definition) is 0. The van der Waals surface area contributed by atoms with Crippen molar-refractivity contribution in [2.24, 2.45) is 0 Å². The molecule has 4 aromatic rings. The zero-order valence-electron chi connectivity index (χ0n) is 16.4. The van der Waals surface area contributed by atoms with E-state index in [4.69, 9.17) is 40.0 Å². The van der Waals surface area contributed by atoms with Crippen molar-refractivity contribution in [1.29, 1.82) is 21.0 Å². The van der Waals surface area contributed by atoms with Crippen molar-refractivity contribution in [3.8, 4) is 48.0 Å². The van der Waals surface area contributed by atoms with E-state index >= 15 is 0 Å². The first-order valence-electron chi connectivity index (χ1n) is 9.00. The fourth-order valence-electron chi connectivity index (χ4n) is 3.01. The summed E-state index contributed by atoms with van der Waals surface area (Å²) in [5.74, 6) is 1.63. The molecule has 0 aliphatic heterocycles. The van der Waals surface area contributed by atoms with Gasteiger partial charge < -0.3 is 18.9 Å². The first kappa shape index (κ1) is 21.3. The van der Waals surface area contributed by atoms with Crippen LogP contribution in [0.25, 0.3) is 21.5 Å². The molecule has 8 nitrogen and oxygen atoms in total. The van der Waals surface area contributed by atoms with Crippen LogP contribution in [0.2, 0.25) is 0 Å². The van der Waals surface area contributed by atoms with E-state index in [9.17, 15) is 0 Å². The second kappa shape index (κ2) is 10.4. The topological polar surface area (TPSA) is 132 Å². The SMILES string of the molecule is N#COc1cc(OC#N)c2ccccc2c1.N#COc1ccc(OC#N)c2ccccc12. The molecule has 32 heavy (non-hydrogen) atoms. The third-order valence-electron chi connectivity index (χ3n) is 4.27. The van der Waals surface area contributed by atoms with Crippen LogP contribution in [0.5, 0.6) is 23.0 Å². The highest BCUT2D eigenvalue weighted by Gasteiger charge is 2.08. The van der Waals surface area contributed by atoms with Crippen molar-refractivity contribution in [2.75, 3.05) is 0 Å². The first-order chi connectivity index (χ1) is 15.7. The molecule has 0 aromatic heterocycles. The van der Waals surface area contributed by atoms with Gasteiger partial charge in [0.1, 0.15) is 17.2 Å². The van der Waals surface area contributed by atoms with E-state index in [1.165, 1.54) is 6.07 Å². The summed E-state index contributed by atoms with van der Waals surface area (Å²) in [6.07, 6.45) is 6.43. The molecular formula is C24H12N4O4. The van der Waals surface area contributed by atoms with Crippen LogP contribution >= 0.6 is 0 Å². The molecule has 0 aliphatic rings. The van der Waals surface area contributed by atoms with Crippen molar-refractivity contribution in [3.63, 3.8) is 0 Å². The molecule has 0 spiro atoms. The number of rotatable bonds is 4. The van der Waals surface area contributed by atoms with E-state index in [0.717, 1.165) is 21.5 Å². The van der Waals surface area contributed by atoms with Gasteiger partial charge in [-0.15, -0.1) is 21.0 Å². The minimum Gasteiger partial charge on any atom is -0.388 e. The summed E-state index contributed by atoms with van der Waals surface area (Å²) in [4.78, 5) is 0. The quantitative estimate of drug-likeness (QED) is 0.416. The van der Waals surface area contributed by atoms with Crippen molar-refractivity contribution >= 4 is 21.5 Å². The van der Waals surface area contributed by atoms with E-state index in [1.54, 1.807) is 55.4 Å². The normalized spacial score (nSPS) is 9.12. The second-order valence-electron chi connectivity index (χ2n) is 6.02. The molecule has 152 valence electrons. The molecule has 0 unspecified atom stereocenters. The lowest BCUT2D eigenvalue weighted by molar-refractivity contribution is 0.488. The summed E-state index contributed by atoms with van der Waals surface area (Å²) in [5.41, 5.74) is 0. The average molecular weight is 420 g/mol. The molecule has 0 aliphatic carbocycles. The fourth-order valence-corrected chi connectivity index (χ4v) is 3.01. The standard InChI is InChI=1S/2C12H6N2O2/c13-7-15-10-5-9-3-1-2-4-11(9)12(6-10)16-8-14;13-7-15-11-5-6-12(16-8-14)10-4-2-1-3-9(10)11/h2*1-6H. The maximum absolute atomic E-state index is 8.52. The molecule has 0 fully saturated rings. The molecule has 8 heteroatoms. The van der Waals surface area contributed by atoms with Gasteiger partial charge in [0.05, 0.1) is 0 Å². The van der Waals surface area contributed by atoms with Crippen LogP contribution in [0.15, 0.2) is 72.8 Å². The van der Waals surface area contributed by atoms with E-state index in [1.807, 2.05) is 36.4 Å². The number of nitriles is 4. The Kier molecular flexibility index (Phi) is 6.89. The van der Waals surface area contributed by atoms with Crippen LogP contribution in [0.3, 0.4) is 0 Å². The van der Waals surface area contributed by atoms with E-state index < -0.39 is 0 Å². The monoisotopic (exact) mass is 420 g/mol. The van der Waals surface area contributed by atoms with Gasteiger partial charge in [0, 0.05) is 22.2 Å². The Balaban J connectivity index is 0.000000181. The third kappa shape index (κ3) is 4.75. The average Bonchev–Trinajstić information content (AvgIpc) is 2.82. The van der Waals surface area contributed by atoms with Gasteiger partial charge in [-0.2, -0.15) is 0 Å². The van der Waals surface area contributed by atoms with Gasteiger partial charge in [0.25, 0.3) is 25.0 Å². The first-order valence-corrected chi connectivity index (χ1v) is 9.00. The fraction of sp³-hybridized carbons (Fsp3) is 0. The number of benzene rings is 4. The van der Waals surface area contributed by atoms with Gasteiger partial charge in [-0.05, 0) is 23.6 Å². The molecular weight excluding hydrogens is 408 g/mol.